The molecular weight excluding hydrogens is 248 g/mol. The largest absolute Gasteiger partial charge is 0.378 e. The Balaban J connectivity index is 1.95. The Hall–Kier alpha value is -2.60. The Morgan fingerprint density at radius 1 is 1.10 bits per heavy atom. The number of ketones is 1. The molecule has 0 aliphatic rings. The molecule has 0 aromatic heterocycles. The molecule has 0 fully saturated rings. The van der Waals surface area contributed by atoms with Gasteiger partial charge in [-0.3, -0.25) is 4.79 Å². The van der Waals surface area contributed by atoms with Crippen molar-refractivity contribution in [3.63, 3.8) is 0 Å². The van der Waals surface area contributed by atoms with Gasteiger partial charge in [-0.2, -0.15) is 5.26 Å². The van der Waals surface area contributed by atoms with Crippen molar-refractivity contribution in [2.45, 2.75) is 13.3 Å². The van der Waals surface area contributed by atoms with Gasteiger partial charge >= 0.3 is 0 Å². The Morgan fingerprint density at radius 3 is 2.30 bits per heavy atom. The highest BCUT2D eigenvalue weighted by Crippen LogP contribution is 2.10. The van der Waals surface area contributed by atoms with E-state index in [9.17, 15) is 4.79 Å². The van der Waals surface area contributed by atoms with Crippen molar-refractivity contribution in [1.82, 2.24) is 0 Å². The van der Waals surface area contributed by atoms with E-state index >= 15 is 0 Å². The molecule has 0 aliphatic heterocycles. The molecule has 2 aromatic carbocycles. The van der Waals surface area contributed by atoms with Gasteiger partial charge in [0.15, 0.2) is 5.78 Å². The van der Waals surface area contributed by atoms with Crippen molar-refractivity contribution in [2.24, 2.45) is 0 Å². The fourth-order valence-corrected chi connectivity index (χ4v) is 1.87. The summed E-state index contributed by atoms with van der Waals surface area (Å²) in [4.78, 5) is 12.0. The Kier molecular flexibility index (Phi) is 4.52. The highest BCUT2D eigenvalue weighted by atomic mass is 16.1. The molecule has 0 atom stereocenters. The van der Waals surface area contributed by atoms with Crippen molar-refractivity contribution >= 4 is 11.5 Å². The summed E-state index contributed by atoms with van der Waals surface area (Å²) < 4.78 is 0. The van der Waals surface area contributed by atoms with Gasteiger partial charge in [-0.15, -0.1) is 0 Å². The number of hydrogen-bond acceptors (Lipinski definition) is 3. The first-order valence-corrected chi connectivity index (χ1v) is 6.59. The summed E-state index contributed by atoms with van der Waals surface area (Å²) in [5.74, 6) is 0.0528. The molecular formula is C17H16N2O. The maximum Gasteiger partial charge on any atom is 0.181 e. The van der Waals surface area contributed by atoms with Gasteiger partial charge in [0, 0.05) is 11.3 Å². The number of nitrogens with one attached hydrogen (secondary N) is 1. The van der Waals surface area contributed by atoms with Crippen LogP contribution in [0.4, 0.5) is 5.69 Å². The zero-order valence-corrected chi connectivity index (χ0v) is 11.4. The van der Waals surface area contributed by atoms with Crippen LogP contribution in [0.1, 0.15) is 28.4 Å². The van der Waals surface area contributed by atoms with E-state index in [2.05, 4.69) is 18.3 Å². The van der Waals surface area contributed by atoms with Crippen LogP contribution in [-0.2, 0) is 6.42 Å². The number of rotatable bonds is 5. The summed E-state index contributed by atoms with van der Waals surface area (Å²) in [6, 6.07) is 16.8. The number of aryl methyl sites for hydroxylation is 1. The van der Waals surface area contributed by atoms with Crippen LogP contribution < -0.4 is 5.32 Å². The fourth-order valence-electron chi connectivity index (χ4n) is 1.87. The molecule has 0 unspecified atom stereocenters. The van der Waals surface area contributed by atoms with E-state index in [0.29, 0.717) is 11.1 Å². The minimum Gasteiger partial charge on any atom is -0.378 e. The van der Waals surface area contributed by atoms with Crippen molar-refractivity contribution in [1.29, 1.82) is 5.26 Å². The second kappa shape index (κ2) is 6.53. The molecule has 0 amide bonds. The first-order valence-electron chi connectivity index (χ1n) is 6.59. The van der Waals surface area contributed by atoms with Crippen molar-refractivity contribution in [3.8, 4) is 6.07 Å². The molecule has 2 aromatic rings. The van der Waals surface area contributed by atoms with E-state index in [0.717, 1.165) is 12.1 Å². The maximum absolute atomic E-state index is 12.0. The lowest BCUT2D eigenvalue weighted by molar-refractivity contribution is 0.101. The van der Waals surface area contributed by atoms with E-state index in [1.165, 1.54) is 5.56 Å². The van der Waals surface area contributed by atoms with Gasteiger partial charge in [0.05, 0.1) is 18.2 Å². The van der Waals surface area contributed by atoms with Gasteiger partial charge in [-0.05, 0) is 36.2 Å². The quantitative estimate of drug-likeness (QED) is 0.842. The zero-order chi connectivity index (χ0) is 14.4. The van der Waals surface area contributed by atoms with Crippen LogP contribution in [0, 0.1) is 11.3 Å². The van der Waals surface area contributed by atoms with Crippen LogP contribution in [-0.4, -0.2) is 12.3 Å². The molecule has 3 heteroatoms. The normalized spacial score (nSPS) is 9.80. The third-order valence-electron chi connectivity index (χ3n) is 3.15. The lowest BCUT2D eigenvalue weighted by Gasteiger charge is -2.06. The molecule has 0 aliphatic carbocycles. The molecule has 1 N–H and O–H groups in total. The topological polar surface area (TPSA) is 52.9 Å². The van der Waals surface area contributed by atoms with Gasteiger partial charge in [-0.25, -0.2) is 0 Å². The Bertz CT molecular complexity index is 622. The van der Waals surface area contributed by atoms with Gasteiger partial charge in [0.1, 0.15) is 0 Å². The molecule has 0 saturated carbocycles. The van der Waals surface area contributed by atoms with E-state index in [4.69, 9.17) is 5.26 Å². The van der Waals surface area contributed by atoms with Gasteiger partial charge in [-0.1, -0.05) is 31.2 Å². The molecule has 0 spiro atoms. The number of anilines is 1. The number of Topliss-reactive ketones (excluding diaryl/α,β-unsaturated/α-hetero) is 1. The fraction of sp³-hybridized carbons (Fsp3) is 0.176. The molecule has 100 valence electrons. The van der Waals surface area contributed by atoms with E-state index < -0.39 is 0 Å². The number of nitrogens with zero attached hydrogens (tertiary/aromatic N) is 1. The van der Waals surface area contributed by atoms with Crippen molar-refractivity contribution in [2.75, 3.05) is 11.9 Å². The van der Waals surface area contributed by atoms with Crippen LogP contribution in [0.25, 0.3) is 0 Å². The van der Waals surface area contributed by atoms with Crippen molar-refractivity contribution in [3.05, 3.63) is 65.2 Å². The molecule has 0 saturated heterocycles. The predicted molar refractivity (Wildman–Crippen MR) is 79.8 cm³/mol. The predicted octanol–water partition coefficient (Wildman–Crippen LogP) is 3.42. The van der Waals surface area contributed by atoms with Crippen molar-refractivity contribution < 1.29 is 4.79 Å². The highest BCUT2D eigenvalue weighted by Gasteiger charge is 2.05. The minimum absolute atomic E-state index is 0.0528. The lowest BCUT2D eigenvalue weighted by atomic mass is 10.1. The first-order chi connectivity index (χ1) is 9.72. The number of nitriles is 1. The number of benzene rings is 2. The molecule has 3 nitrogen and oxygen atoms in total. The SMILES string of the molecule is CCc1ccc(C(=O)CNc2ccc(C#N)cc2)cc1. The monoisotopic (exact) mass is 264 g/mol. The Morgan fingerprint density at radius 2 is 1.75 bits per heavy atom. The van der Waals surface area contributed by atoms with Crippen LogP contribution in [0.15, 0.2) is 48.5 Å². The summed E-state index contributed by atoms with van der Waals surface area (Å²) in [7, 11) is 0. The van der Waals surface area contributed by atoms with E-state index in [1.54, 1.807) is 24.3 Å². The molecule has 2 rings (SSSR count). The van der Waals surface area contributed by atoms with E-state index in [-0.39, 0.29) is 12.3 Å². The number of carbonyl (C=O) groups excluding carboxylic acids is 1. The number of hydrogen-bond donors (Lipinski definition) is 1. The summed E-state index contributed by atoms with van der Waals surface area (Å²) in [6.45, 7) is 2.33. The first kappa shape index (κ1) is 13.8. The smallest absolute Gasteiger partial charge is 0.181 e. The average molecular weight is 264 g/mol. The van der Waals surface area contributed by atoms with Crippen LogP contribution >= 0.6 is 0 Å². The van der Waals surface area contributed by atoms with Crippen LogP contribution in [0.3, 0.4) is 0 Å². The third kappa shape index (κ3) is 3.46. The third-order valence-corrected chi connectivity index (χ3v) is 3.15. The summed E-state index contributed by atoms with van der Waals surface area (Å²) in [5.41, 5.74) is 3.38. The van der Waals surface area contributed by atoms with Gasteiger partial charge < -0.3 is 5.32 Å². The van der Waals surface area contributed by atoms with Crippen LogP contribution in [0.5, 0.6) is 0 Å². The second-order valence-electron chi connectivity index (χ2n) is 4.52. The summed E-state index contributed by atoms with van der Waals surface area (Å²) in [5, 5.41) is 11.8. The molecule has 0 heterocycles. The second-order valence-corrected chi connectivity index (χ2v) is 4.52. The number of carbonyl (C=O) groups is 1. The van der Waals surface area contributed by atoms with Crippen LogP contribution in [0.2, 0.25) is 0 Å². The summed E-state index contributed by atoms with van der Waals surface area (Å²) >= 11 is 0. The molecule has 0 radical (unpaired) electrons. The maximum atomic E-state index is 12.0. The highest BCUT2D eigenvalue weighted by molar-refractivity contribution is 5.99. The summed E-state index contributed by atoms with van der Waals surface area (Å²) in [6.07, 6.45) is 0.970. The zero-order valence-electron chi connectivity index (χ0n) is 11.4. The molecule has 20 heavy (non-hydrogen) atoms. The standard InChI is InChI=1S/C17H16N2O/c1-2-13-3-7-15(8-4-13)17(20)12-19-16-9-5-14(11-18)6-10-16/h3-10,19H,2,12H2,1H3. The van der Waals surface area contributed by atoms with E-state index in [1.807, 2.05) is 24.3 Å². The van der Waals surface area contributed by atoms with Gasteiger partial charge in [0.2, 0.25) is 0 Å². The minimum atomic E-state index is 0.0528. The Labute approximate surface area is 118 Å². The average Bonchev–Trinajstić information content (AvgIpc) is 2.53. The lowest BCUT2D eigenvalue weighted by Crippen LogP contribution is -2.13. The molecule has 0 bridgehead atoms. The van der Waals surface area contributed by atoms with Gasteiger partial charge in [0.25, 0.3) is 0 Å².